The molecule has 0 bridgehead atoms. The van der Waals surface area contributed by atoms with E-state index in [0.717, 1.165) is 23.4 Å². The number of rotatable bonds is 3. The van der Waals surface area contributed by atoms with E-state index >= 15 is 0 Å². The van der Waals surface area contributed by atoms with Crippen LogP contribution < -0.4 is 10.2 Å². The van der Waals surface area contributed by atoms with E-state index < -0.39 is 0 Å². The van der Waals surface area contributed by atoms with Gasteiger partial charge in [0.25, 0.3) is 0 Å². The quantitative estimate of drug-likeness (QED) is 0.919. The van der Waals surface area contributed by atoms with Crippen LogP contribution in [0.2, 0.25) is 0 Å². The molecular weight excluding hydrogens is 268 g/mol. The van der Waals surface area contributed by atoms with Gasteiger partial charge in [-0.2, -0.15) is 0 Å². The van der Waals surface area contributed by atoms with E-state index in [9.17, 15) is 0 Å². The molecule has 1 aliphatic heterocycles. The Morgan fingerprint density at radius 3 is 3.12 bits per heavy atom. The minimum Gasteiger partial charge on any atom is -0.357 e. The van der Waals surface area contributed by atoms with Crippen molar-refractivity contribution in [3.8, 4) is 0 Å². The Bertz CT molecular complexity index is 339. The van der Waals surface area contributed by atoms with Gasteiger partial charge in [-0.1, -0.05) is 6.42 Å². The number of anilines is 1. The topological polar surface area (TPSA) is 41.0 Å². The SMILES string of the molecule is CN(CC1CCCCN1)c1ncncc1Br. The zero-order chi connectivity index (χ0) is 11.4. The molecule has 1 aliphatic rings. The normalized spacial score (nSPS) is 20.8. The highest BCUT2D eigenvalue weighted by molar-refractivity contribution is 9.10. The van der Waals surface area contributed by atoms with Gasteiger partial charge in [-0.3, -0.25) is 0 Å². The van der Waals surface area contributed by atoms with Crippen molar-refractivity contribution in [2.24, 2.45) is 0 Å². The maximum atomic E-state index is 4.28. The molecule has 16 heavy (non-hydrogen) atoms. The van der Waals surface area contributed by atoms with Crippen molar-refractivity contribution in [3.05, 3.63) is 17.0 Å². The Morgan fingerprint density at radius 2 is 2.44 bits per heavy atom. The fraction of sp³-hybridized carbons (Fsp3) is 0.636. The highest BCUT2D eigenvalue weighted by Crippen LogP contribution is 2.21. The summed E-state index contributed by atoms with van der Waals surface area (Å²) in [6.45, 7) is 2.14. The van der Waals surface area contributed by atoms with E-state index in [-0.39, 0.29) is 0 Å². The third-order valence-electron chi connectivity index (χ3n) is 2.92. The van der Waals surface area contributed by atoms with Crippen molar-refractivity contribution in [1.29, 1.82) is 0 Å². The van der Waals surface area contributed by atoms with Gasteiger partial charge in [0.15, 0.2) is 0 Å². The lowest BCUT2D eigenvalue weighted by atomic mass is 10.0. The zero-order valence-electron chi connectivity index (χ0n) is 9.49. The summed E-state index contributed by atoms with van der Waals surface area (Å²) >= 11 is 3.47. The maximum Gasteiger partial charge on any atom is 0.146 e. The zero-order valence-corrected chi connectivity index (χ0v) is 11.1. The molecule has 1 unspecified atom stereocenters. The standard InChI is InChI=1S/C11H17BrN4/c1-16(7-9-4-2-3-5-14-9)11-10(12)6-13-8-15-11/h6,8-9,14H,2-5,7H2,1H3. The summed E-state index contributed by atoms with van der Waals surface area (Å²) < 4.78 is 0.952. The molecule has 5 heteroatoms. The molecule has 0 aromatic carbocycles. The highest BCUT2D eigenvalue weighted by Gasteiger charge is 2.16. The van der Waals surface area contributed by atoms with E-state index in [1.54, 1.807) is 12.5 Å². The second-order valence-electron chi connectivity index (χ2n) is 4.22. The number of halogens is 1. The maximum absolute atomic E-state index is 4.28. The number of hydrogen-bond acceptors (Lipinski definition) is 4. The molecule has 0 aliphatic carbocycles. The first-order valence-corrected chi connectivity index (χ1v) is 6.46. The minimum absolute atomic E-state index is 0.584. The van der Waals surface area contributed by atoms with Crippen molar-refractivity contribution in [2.45, 2.75) is 25.3 Å². The smallest absolute Gasteiger partial charge is 0.146 e. The highest BCUT2D eigenvalue weighted by atomic mass is 79.9. The van der Waals surface area contributed by atoms with Crippen molar-refractivity contribution < 1.29 is 0 Å². The van der Waals surface area contributed by atoms with Gasteiger partial charge in [-0.25, -0.2) is 9.97 Å². The molecule has 2 heterocycles. The van der Waals surface area contributed by atoms with E-state index in [1.165, 1.54) is 19.3 Å². The molecule has 1 saturated heterocycles. The van der Waals surface area contributed by atoms with E-state index in [4.69, 9.17) is 0 Å². The van der Waals surface area contributed by atoms with Gasteiger partial charge in [0.2, 0.25) is 0 Å². The van der Waals surface area contributed by atoms with Crippen molar-refractivity contribution in [1.82, 2.24) is 15.3 Å². The van der Waals surface area contributed by atoms with Gasteiger partial charge in [-0.15, -0.1) is 0 Å². The van der Waals surface area contributed by atoms with Gasteiger partial charge < -0.3 is 10.2 Å². The van der Waals surface area contributed by atoms with Crippen LogP contribution >= 0.6 is 15.9 Å². The Hall–Kier alpha value is -0.680. The summed E-state index contributed by atoms with van der Waals surface area (Å²) in [4.78, 5) is 10.4. The summed E-state index contributed by atoms with van der Waals surface area (Å²) in [5.74, 6) is 0.961. The molecule has 0 amide bonds. The van der Waals surface area contributed by atoms with Crippen LogP contribution in [-0.2, 0) is 0 Å². The number of nitrogens with one attached hydrogen (secondary N) is 1. The molecule has 0 saturated carbocycles. The summed E-state index contributed by atoms with van der Waals surface area (Å²) in [6.07, 6.45) is 7.26. The van der Waals surface area contributed by atoms with Crippen molar-refractivity contribution in [2.75, 3.05) is 25.0 Å². The minimum atomic E-state index is 0.584. The first-order chi connectivity index (χ1) is 7.77. The molecule has 1 atom stereocenters. The lowest BCUT2D eigenvalue weighted by Gasteiger charge is -2.29. The van der Waals surface area contributed by atoms with Crippen LogP contribution in [-0.4, -0.2) is 36.1 Å². The number of piperidine rings is 1. The molecule has 1 aromatic heterocycles. The van der Waals surface area contributed by atoms with Crippen LogP contribution in [0.4, 0.5) is 5.82 Å². The summed E-state index contributed by atoms with van der Waals surface area (Å²) in [5, 5.41) is 3.54. The average molecular weight is 285 g/mol. The largest absolute Gasteiger partial charge is 0.357 e. The molecule has 1 aromatic rings. The van der Waals surface area contributed by atoms with Crippen molar-refractivity contribution >= 4 is 21.7 Å². The number of aromatic nitrogens is 2. The van der Waals surface area contributed by atoms with Crippen LogP contribution in [0.1, 0.15) is 19.3 Å². The second kappa shape index (κ2) is 5.59. The molecular formula is C11H17BrN4. The lowest BCUT2D eigenvalue weighted by molar-refractivity contribution is 0.403. The monoisotopic (exact) mass is 284 g/mol. The van der Waals surface area contributed by atoms with E-state index in [1.807, 2.05) is 0 Å². The summed E-state index contributed by atoms with van der Waals surface area (Å²) in [7, 11) is 2.07. The number of nitrogens with zero attached hydrogens (tertiary/aromatic N) is 3. The Balaban J connectivity index is 1.96. The molecule has 2 rings (SSSR count). The molecule has 88 valence electrons. The molecule has 1 fully saturated rings. The van der Waals surface area contributed by atoms with Gasteiger partial charge in [0.05, 0.1) is 4.47 Å². The van der Waals surface area contributed by atoms with Gasteiger partial charge in [0, 0.05) is 25.8 Å². The Labute approximate surface area is 105 Å². The third kappa shape index (κ3) is 2.92. The van der Waals surface area contributed by atoms with Gasteiger partial charge >= 0.3 is 0 Å². The average Bonchev–Trinajstić information content (AvgIpc) is 2.31. The third-order valence-corrected chi connectivity index (χ3v) is 3.48. The van der Waals surface area contributed by atoms with Crippen LogP contribution in [0, 0.1) is 0 Å². The first kappa shape index (κ1) is 11.8. The van der Waals surface area contributed by atoms with E-state index in [2.05, 4.69) is 43.2 Å². The number of hydrogen-bond donors (Lipinski definition) is 1. The molecule has 1 N–H and O–H groups in total. The van der Waals surface area contributed by atoms with Crippen LogP contribution in [0.25, 0.3) is 0 Å². The predicted molar refractivity (Wildman–Crippen MR) is 68.6 cm³/mol. The molecule has 4 nitrogen and oxygen atoms in total. The predicted octanol–water partition coefficient (Wildman–Crippen LogP) is 1.82. The second-order valence-corrected chi connectivity index (χ2v) is 5.08. The van der Waals surface area contributed by atoms with Gasteiger partial charge in [0.1, 0.15) is 12.1 Å². The summed E-state index contributed by atoms with van der Waals surface area (Å²) in [5.41, 5.74) is 0. The molecule has 0 spiro atoms. The fourth-order valence-electron chi connectivity index (χ4n) is 2.08. The van der Waals surface area contributed by atoms with Crippen molar-refractivity contribution in [3.63, 3.8) is 0 Å². The summed E-state index contributed by atoms with van der Waals surface area (Å²) in [6, 6.07) is 0.584. The Kier molecular flexibility index (Phi) is 4.12. The Morgan fingerprint density at radius 1 is 1.56 bits per heavy atom. The van der Waals surface area contributed by atoms with Crippen LogP contribution in [0.3, 0.4) is 0 Å². The fourth-order valence-corrected chi connectivity index (χ4v) is 2.61. The first-order valence-electron chi connectivity index (χ1n) is 5.67. The van der Waals surface area contributed by atoms with Crippen LogP contribution in [0.15, 0.2) is 17.0 Å². The lowest BCUT2D eigenvalue weighted by Crippen LogP contribution is -2.42. The van der Waals surface area contributed by atoms with Crippen LogP contribution in [0.5, 0.6) is 0 Å². The molecule has 0 radical (unpaired) electrons. The van der Waals surface area contributed by atoms with E-state index in [0.29, 0.717) is 6.04 Å². The van der Waals surface area contributed by atoms with Gasteiger partial charge in [-0.05, 0) is 35.3 Å². The number of likely N-dealkylation sites (N-methyl/N-ethyl adjacent to an activating group) is 1.